The predicted octanol–water partition coefficient (Wildman–Crippen LogP) is 4.77. The zero-order valence-electron chi connectivity index (χ0n) is 20.3. The lowest BCUT2D eigenvalue weighted by Gasteiger charge is -2.58. The number of carbonyl (C=O) groups excluding carboxylic acids is 2. The lowest BCUT2D eigenvalue weighted by Crippen LogP contribution is -2.73. The average molecular weight is 545 g/mol. The number of nitrogens with one attached hydrogen (secondary N) is 1. The van der Waals surface area contributed by atoms with E-state index in [9.17, 15) is 9.59 Å². The predicted molar refractivity (Wildman–Crippen MR) is 133 cm³/mol. The van der Waals surface area contributed by atoms with Gasteiger partial charge in [0.1, 0.15) is 11.8 Å². The molecule has 3 rings (SSSR count). The number of hydrogen-bond donors (Lipinski definition) is 1. The van der Waals surface area contributed by atoms with Gasteiger partial charge < -0.3 is 24.3 Å². The van der Waals surface area contributed by atoms with Crippen molar-refractivity contribution in [3.63, 3.8) is 0 Å². The summed E-state index contributed by atoms with van der Waals surface area (Å²) >= 11 is 17.9. The van der Waals surface area contributed by atoms with Crippen molar-refractivity contribution in [3.05, 3.63) is 0 Å². The summed E-state index contributed by atoms with van der Waals surface area (Å²) in [6.07, 6.45) is 0.159. The van der Waals surface area contributed by atoms with Gasteiger partial charge in [-0.1, -0.05) is 74.1 Å². The molecule has 0 bridgehead atoms. The number of amides is 1. The Kier molecular flexibility index (Phi) is 6.66. The molecule has 11 heteroatoms. The summed E-state index contributed by atoms with van der Waals surface area (Å²) < 4.78 is 16.4. The maximum absolute atomic E-state index is 13.2. The van der Waals surface area contributed by atoms with E-state index < -0.39 is 54.8 Å². The molecule has 0 spiro atoms. The minimum atomic E-state index is -2.20. The van der Waals surface area contributed by atoms with Crippen molar-refractivity contribution in [2.45, 2.75) is 104 Å². The number of hydrogen-bond acceptors (Lipinski definition) is 5. The molecule has 0 radical (unpaired) electrons. The number of rotatable bonds is 5. The minimum absolute atomic E-state index is 0.124. The van der Waals surface area contributed by atoms with Crippen molar-refractivity contribution in [1.29, 1.82) is 0 Å². The van der Waals surface area contributed by atoms with Gasteiger partial charge in [0.2, 0.25) is 0 Å². The highest BCUT2D eigenvalue weighted by Crippen LogP contribution is 2.69. The van der Waals surface area contributed by atoms with Gasteiger partial charge in [0.15, 0.2) is 5.79 Å². The molecule has 7 atom stereocenters. The molecular weight excluding hydrogens is 509 g/mol. The Morgan fingerprint density at radius 2 is 1.53 bits per heavy atom. The highest BCUT2D eigenvalue weighted by Gasteiger charge is 2.78. The lowest BCUT2D eigenvalue weighted by atomic mass is 9.66. The smallest absolute Gasteiger partial charge is 0.272 e. The van der Waals surface area contributed by atoms with E-state index in [0.29, 0.717) is 6.61 Å². The van der Waals surface area contributed by atoms with Crippen LogP contribution in [0, 0.1) is 5.92 Å². The number of ether oxygens (including phenoxy) is 3. The van der Waals surface area contributed by atoms with Crippen LogP contribution < -0.4 is 5.32 Å². The Bertz CT molecular complexity index is 794. The summed E-state index contributed by atoms with van der Waals surface area (Å²) in [6, 6.07) is 0. The van der Waals surface area contributed by atoms with Gasteiger partial charge in [0.25, 0.3) is 9.70 Å². The number of carbonyl (C=O) groups is 2. The second kappa shape index (κ2) is 7.92. The quantitative estimate of drug-likeness (QED) is 0.234. The van der Waals surface area contributed by atoms with Crippen LogP contribution in [0.1, 0.15) is 20.8 Å². The number of fused-ring (bicyclic) bond motifs is 1. The second-order valence-corrected chi connectivity index (χ2v) is 25.3. The molecule has 1 saturated carbocycles. The van der Waals surface area contributed by atoms with Gasteiger partial charge in [-0.15, -0.1) is 0 Å². The molecule has 0 aromatic rings. The van der Waals surface area contributed by atoms with Gasteiger partial charge in [-0.05, 0) is 31.9 Å². The average Bonchev–Trinajstić information content (AvgIpc) is 3.13. The van der Waals surface area contributed by atoms with Crippen molar-refractivity contribution in [1.82, 2.24) is 5.32 Å². The SMILES string of the molecule is CC1(C)OC[C@H]([C@H]2[C@@H]3O[C@]3(C)[C@@H]([Si](C)(C)C)[C@@H]([Si](C)(C)C)[C@]2(C=O)NC(=O)C(Cl)(Cl)Cl)O1. The van der Waals surface area contributed by atoms with E-state index in [1.807, 2.05) is 13.8 Å². The molecule has 3 aliphatic rings. The Morgan fingerprint density at radius 3 is 1.91 bits per heavy atom. The second-order valence-electron chi connectivity index (χ2n) is 12.3. The van der Waals surface area contributed by atoms with Crippen molar-refractivity contribution in [2.24, 2.45) is 5.92 Å². The molecule has 2 heterocycles. The molecule has 32 heavy (non-hydrogen) atoms. The Labute approximate surface area is 208 Å². The fraction of sp³-hybridized carbons (Fsp3) is 0.905. The fourth-order valence-electron chi connectivity index (χ4n) is 6.57. The van der Waals surface area contributed by atoms with E-state index in [0.717, 1.165) is 6.29 Å². The number of aldehydes is 1. The van der Waals surface area contributed by atoms with Gasteiger partial charge in [-0.2, -0.15) is 0 Å². The number of halogens is 3. The zero-order valence-corrected chi connectivity index (χ0v) is 24.6. The first kappa shape index (κ1) is 26.9. The van der Waals surface area contributed by atoms with Crippen LogP contribution in [0.2, 0.25) is 50.4 Å². The van der Waals surface area contributed by atoms with Crippen LogP contribution in [-0.2, 0) is 23.8 Å². The van der Waals surface area contributed by atoms with E-state index in [2.05, 4.69) is 51.5 Å². The molecular formula is C21H36Cl3NO5Si2. The maximum atomic E-state index is 13.2. The molecule has 184 valence electrons. The van der Waals surface area contributed by atoms with E-state index in [4.69, 9.17) is 49.0 Å². The largest absolute Gasteiger partial charge is 0.366 e. The molecule has 1 amide bonds. The Balaban J connectivity index is 2.24. The van der Waals surface area contributed by atoms with Crippen LogP contribution in [-0.4, -0.2) is 67.9 Å². The summed E-state index contributed by atoms with van der Waals surface area (Å²) in [5, 5.41) is 2.95. The molecule has 0 aromatic carbocycles. The van der Waals surface area contributed by atoms with Gasteiger partial charge in [-0.25, -0.2) is 0 Å². The van der Waals surface area contributed by atoms with Gasteiger partial charge in [0.05, 0.1) is 40.6 Å². The normalized spacial score (nSPS) is 41.7. The van der Waals surface area contributed by atoms with Crippen LogP contribution in [0.3, 0.4) is 0 Å². The molecule has 1 aliphatic carbocycles. The number of epoxide rings is 1. The topological polar surface area (TPSA) is 77.2 Å². The van der Waals surface area contributed by atoms with Gasteiger partial charge in [-0.3, -0.25) is 4.79 Å². The number of alkyl halides is 3. The van der Waals surface area contributed by atoms with Gasteiger partial charge in [0, 0.05) is 5.92 Å². The molecule has 3 fully saturated rings. The maximum Gasteiger partial charge on any atom is 0.272 e. The first-order chi connectivity index (χ1) is 14.2. The highest BCUT2D eigenvalue weighted by molar-refractivity contribution is 6.84. The van der Waals surface area contributed by atoms with Crippen LogP contribution in [0.15, 0.2) is 0 Å². The fourth-order valence-corrected chi connectivity index (χ4v) is 16.0. The lowest BCUT2D eigenvalue weighted by molar-refractivity contribution is -0.154. The molecule has 0 aromatic heterocycles. The third-order valence-corrected chi connectivity index (χ3v) is 13.6. The van der Waals surface area contributed by atoms with E-state index in [1.165, 1.54) is 0 Å². The summed E-state index contributed by atoms with van der Waals surface area (Å²) in [7, 11) is -4.01. The van der Waals surface area contributed by atoms with E-state index in [-0.39, 0.29) is 17.2 Å². The van der Waals surface area contributed by atoms with Crippen LogP contribution in [0.5, 0.6) is 0 Å². The third-order valence-electron chi connectivity index (χ3n) is 7.31. The summed E-state index contributed by atoms with van der Waals surface area (Å²) in [6.45, 7) is 19.7. The zero-order chi connectivity index (χ0) is 24.7. The van der Waals surface area contributed by atoms with E-state index in [1.54, 1.807) is 0 Å². The standard InChI is InChI=1S/C21H36Cl3NO5Si2/c1-18(2)28-10-12(29-18)13-14-19(3,30-14)15(31(4,5)6)16(32(7,8)9)20(13,11-26)25-17(27)21(22,23)24/h11-16H,10H2,1-9H3,(H,25,27)/t12-,13+,14+,15+,16-,19+,20-/m1/s1. The van der Waals surface area contributed by atoms with Crippen molar-refractivity contribution >= 4 is 63.1 Å². The summed E-state index contributed by atoms with van der Waals surface area (Å²) in [5.41, 5.74) is -1.71. The van der Waals surface area contributed by atoms with Crippen LogP contribution >= 0.6 is 34.8 Å². The molecule has 2 aliphatic heterocycles. The van der Waals surface area contributed by atoms with Crippen molar-refractivity contribution < 1.29 is 23.8 Å². The van der Waals surface area contributed by atoms with Crippen LogP contribution in [0.4, 0.5) is 0 Å². The molecule has 0 unspecified atom stereocenters. The molecule has 2 saturated heterocycles. The van der Waals surface area contributed by atoms with Gasteiger partial charge >= 0.3 is 0 Å². The third kappa shape index (κ3) is 4.48. The Morgan fingerprint density at radius 1 is 1.00 bits per heavy atom. The summed E-state index contributed by atoms with van der Waals surface area (Å²) in [4.78, 5) is 26.3. The minimum Gasteiger partial charge on any atom is -0.366 e. The van der Waals surface area contributed by atoms with E-state index >= 15 is 0 Å². The molecule has 1 N–H and O–H groups in total. The first-order valence-corrected chi connectivity index (χ1v) is 19.3. The molecule has 6 nitrogen and oxygen atoms in total. The van der Waals surface area contributed by atoms with Crippen LogP contribution in [0.25, 0.3) is 0 Å². The van der Waals surface area contributed by atoms with Crippen molar-refractivity contribution in [2.75, 3.05) is 6.61 Å². The first-order valence-electron chi connectivity index (χ1n) is 11.1. The highest BCUT2D eigenvalue weighted by atomic mass is 35.6. The Hall–Kier alpha value is 0.324. The summed E-state index contributed by atoms with van der Waals surface area (Å²) in [5.74, 6) is -2.07. The monoisotopic (exact) mass is 543 g/mol. The van der Waals surface area contributed by atoms with Crippen molar-refractivity contribution in [3.8, 4) is 0 Å².